The highest BCUT2D eigenvalue weighted by molar-refractivity contribution is 6.13. The zero-order valence-electron chi connectivity index (χ0n) is 15.6. The van der Waals surface area contributed by atoms with Crippen LogP contribution in [0.5, 0.6) is 5.75 Å². The normalized spacial score (nSPS) is 17.0. The Kier molecular flexibility index (Phi) is 6.20. The number of nitrogens with one attached hydrogen (secondary N) is 1. The van der Waals surface area contributed by atoms with Crippen molar-refractivity contribution < 1.29 is 14.2 Å². The van der Waals surface area contributed by atoms with Gasteiger partial charge >= 0.3 is 0 Å². The SMILES string of the molecule is COCCOc1ccc(N)c(C(=N)c2cc(N3CCOC[C@@H]3C)ncn2)c1. The summed E-state index contributed by atoms with van der Waals surface area (Å²) in [5, 5.41) is 8.59. The molecule has 1 saturated heterocycles. The van der Waals surface area contributed by atoms with Gasteiger partial charge in [-0.3, -0.25) is 5.41 Å². The van der Waals surface area contributed by atoms with E-state index in [4.69, 9.17) is 25.4 Å². The molecule has 2 aromatic rings. The van der Waals surface area contributed by atoms with Crippen LogP contribution in [0, 0.1) is 5.41 Å². The molecule has 0 radical (unpaired) electrons. The highest BCUT2D eigenvalue weighted by atomic mass is 16.5. The first-order chi connectivity index (χ1) is 13.1. The molecule has 0 amide bonds. The average molecular weight is 371 g/mol. The molecule has 0 aliphatic carbocycles. The molecule has 27 heavy (non-hydrogen) atoms. The van der Waals surface area contributed by atoms with E-state index in [1.165, 1.54) is 6.33 Å². The van der Waals surface area contributed by atoms with Crippen LogP contribution in [-0.4, -0.2) is 61.8 Å². The zero-order valence-corrected chi connectivity index (χ0v) is 15.6. The van der Waals surface area contributed by atoms with Crippen molar-refractivity contribution in [1.29, 1.82) is 5.41 Å². The van der Waals surface area contributed by atoms with Crippen LogP contribution in [0.3, 0.4) is 0 Å². The van der Waals surface area contributed by atoms with Crippen molar-refractivity contribution in [3.05, 3.63) is 41.9 Å². The van der Waals surface area contributed by atoms with Crippen molar-refractivity contribution in [2.45, 2.75) is 13.0 Å². The number of benzene rings is 1. The number of aromatic nitrogens is 2. The molecule has 1 fully saturated rings. The number of hydrogen-bond donors (Lipinski definition) is 2. The molecule has 3 rings (SSSR count). The zero-order chi connectivity index (χ0) is 19.2. The van der Waals surface area contributed by atoms with E-state index in [2.05, 4.69) is 21.8 Å². The third-order valence-electron chi connectivity index (χ3n) is 4.42. The minimum atomic E-state index is 0.221. The van der Waals surface area contributed by atoms with E-state index in [0.29, 0.717) is 49.1 Å². The first-order valence-corrected chi connectivity index (χ1v) is 8.87. The maximum atomic E-state index is 8.59. The summed E-state index contributed by atoms with van der Waals surface area (Å²) in [6.45, 7) is 5.09. The molecule has 0 bridgehead atoms. The second kappa shape index (κ2) is 8.79. The Hall–Kier alpha value is -2.71. The van der Waals surface area contributed by atoms with Crippen molar-refractivity contribution in [2.75, 3.05) is 50.7 Å². The Morgan fingerprint density at radius 3 is 2.96 bits per heavy atom. The molecular formula is C19H25N5O3. The monoisotopic (exact) mass is 371 g/mol. The maximum absolute atomic E-state index is 8.59. The summed E-state index contributed by atoms with van der Waals surface area (Å²) in [5.74, 6) is 1.42. The lowest BCUT2D eigenvalue weighted by Crippen LogP contribution is -2.44. The lowest BCUT2D eigenvalue weighted by atomic mass is 10.0. The van der Waals surface area contributed by atoms with E-state index in [1.807, 2.05) is 6.07 Å². The molecule has 1 aromatic carbocycles. The highest BCUT2D eigenvalue weighted by Crippen LogP contribution is 2.24. The van der Waals surface area contributed by atoms with Gasteiger partial charge in [-0.1, -0.05) is 0 Å². The Balaban J connectivity index is 1.83. The molecule has 3 N–H and O–H groups in total. The maximum Gasteiger partial charge on any atom is 0.133 e. The first-order valence-electron chi connectivity index (χ1n) is 8.87. The summed E-state index contributed by atoms with van der Waals surface area (Å²) in [7, 11) is 1.62. The second-order valence-corrected chi connectivity index (χ2v) is 6.34. The fraction of sp³-hybridized carbons (Fsp3) is 0.421. The molecule has 144 valence electrons. The van der Waals surface area contributed by atoms with E-state index in [-0.39, 0.29) is 11.8 Å². The third-order valence-corrected chi connectivity index (χ3v) is 4.42. The van der Waals surface area contributed by atoms with Crippen molar-refractivity contribution in [3.8, 4) is 5.75 Å². The van der Waals surface area contributed by atoms with Crippen LogP contribution in [-0.2, 0) is 9.47 Å². The van der Waals surface area contributed by atoms with Crippen LogP contribution in [0.2, 0.25) is 0 Å². The molecule has 2 heterocycles. The number of nitrogens with two attached hydrogens (primary N) is 1. The molecule has 1 aliphatic heterocycles. The summed E-state index contributed by atoms with van der Waals surface area (Å²) < 4.78 is 16.1. The molecule has 0 saturated carbocycles. The molecule has 1 aromatic heterocycles. The fourth-order valence-corrected chi connectivity index (χ4v) is 2.93. The topological polar surface area (TPSA) is 107 Å². The van der Waals surface area contributed by atoms with Crippen molar-refractivity contribution in [1.82, 2.24) is 9.97 Å². The minimum absolute atomic E-state index is 0.221. The van der Waals surface area contributed by atoms with Gasteiger partial charge in [0.25, 0.3) is 0 Å². The number of rotatable bonds is 7. The summed E-state index contributed by atoms with van der Waals surface area (Å²) in [6, 6.07) is 7.31. The molecular weight excluding hydrogens is 346 g/mol. The van der Waals surface area contributed by atoms with E-state index in [1.54, 1.807) is 25.3 Å². The molecule has 8 nitrogen and oxygen atoms in total. The molecule has 0 unspecified atom stereocenters. The summed E-state index contributed by atoms with van der Waals surface area (Å²) in [4.78, 5) is 10.8. The van der Waals surface area contributed by atoms with E-state index >= 15 is 0 Å². The van der Waals surface area contributed by atoms with E-state index < -0.39 is 0 Å². The predicted molar refractivity (Wildman–Crippen MR) is 104 cm³/mol. The van der Waals surface area contributed by atoms with Crippen molar-refractivity contribution >= 4 is 17.2 Å². The van der Waals surface area contributed by atoms with Gasteiger partial charge in [0, 0.05) is 31.0 Å². The Bertz CT molecular complexity index is 799. The van der Waals surface area contributed by atoms with Crippen LogP contribution in [0.15, 0.2) is 30.6 Å². The van der Waals surface area contributed by atoms with Gasteiger partial charge in [-0.05, 0) is 25.1 Å². The van der Waals surface area contributed by atoms with Gasteiger partial charge in [-0.2, -0.15) is 0 Å². The highest BCUT2D eigenvalue weighted by Gasteiger charge is 2.21. The number of nitrogen functional groups attached to an aromatic ring is 1. The van der Waals surface area contributed by atoms with Crippen LogP contribution < -0.4 is 15.4 Å². The summed E-state index contributed by atoms with van der Waals surface area (Å²) in [5.41, 5.74) is 7.91. The number of anilines is 2. The Morgan fingerprint density at radius 1 is 1.33 bits per heavy atom. The van der Waals surface area contributed by atoms with Gasteiger partial charge in [0.05, 0.1) is 37.3 Å². The fourth-order valence-electron chi connectivity index (χ4n) is 2.93. The number of ether oxygens (including phenoxy) is 3. The van der Waals surface area contributed by atoms with Crippen LogP contribution >= 0.6 is 0 Å². The third kappa shape index (κ3) is 4.53. The largest absolute Gasteiger partial charge is 0.491 e. The number of nitrogens with zero attached hydrogens (tertiary/aromatic N) is 3. The second-order valence-electron chi connectivity index (χ2n) is 6.34. The average Bonchev–Trinajstić information content (AvgIpc) is 2.69. The van der Waals surface area contributed by atoms with Gasteiger partial charge in [0.1, 0.15) is 24.5 Å². The van der Waals surface area contributed by atoms with Gasteiger partial charge in [0.2, 0.25) is 0 Å². The van der Waals surface area contributed by atoms with E-state index in [9.17, 15) is 0 Å². The molecule has 0 spiro atoms. The van der Waals surface area contributed by atoms with E-state index in [0.717, 1.165) is 12.4 Å². The van der Waals surface area contributed by atoms with Gasteiger partial charge in [0.15, 0.2) is 0 Å². The van der Waals surface area contributed by atoms with Crippen LogP contribution in [0.25, 0.3) is 0 Å². The Labute approximate surface area is 158 Å². The molecule has 1 atom stereocenters. The van der Waals surface area contributed by atoms with Crippen molar-refractivity contribution in [3.63, 3.8) is 0 Å². The lowest BCUT2D eigenvalue weighted by molar-refractivity contribution is 0.0985. The van der Waals surface area contributed by atoms with Crippen molar-refractivity contribution in [2.24, 2.45) is 0 Å². The summed E-state index contributed by atoms with van der Waals surface area (Å²) >= 11 is 0. The molecule has 8 heteroatoms. The van der Waals surface area contributed by atoms with Crippen LogP contribution in [0.4, 0.5) is 11.5 Å². The standard InChI is InChI=1S/C19H25N5O3/c1-13-11-26-6-5-24(13)18-10-17(22-12-23-18)19(21)15-9-14(3-4-16(15)20)27-8-7-25-2/h3-4,9-10,12-13,21H,5-8,11,20H2,1-2H3/t13-/m0/s1. The Morgan fingerprint density at radius 2 is 2.19 bits per heavy atom. The first kappa shape index (κ1) is 19.1. The quantitative estimate of drug-likeness (QED) is 0.433. The van der Waals surface area contributed by atoms with Gasteiger partial charge < -0.3 is 24.8 Å². The van der Waals surface area contributed by atoms with Crippen LogP contribution in [0.1, 0.15) is 18.2 Å². The number of hydrogen-bond acceptors (Lipinski definition) is 8. The molecule has 1 aliphatic rings. The van der Waals surface area contributed by atoms with Gasteiger partial charge in [-0.25, -0.2) is 9.97 Å². The lowest BCUT2D eigenvalue weighted by Gasteiger charge is -2.34. The number of methoxy groups -OCH3 is 1. The minimum Gasteiger partial charge on any atom is -0.491 e. The van der Waals surface area contributed by atoms with Gasteiger partial charge in [-0.15, -0.1) is 0 Å². The smallest absolute Gasteiger partial charge is 0.133 e. The summed E-state index contributed by atoms with van der Waals surface area (Å²) in [6.07, 6.45) is 1.48. The predicted octanol–water partition coefficient (Wildman–Crippen LogP) is 1.73. The number of morpholine rings is 1.